The minimum absolute atomic E-state index is 0.151. The molecule has 0 aromatic heterocycles. The molecule has 0 saturated carbocycles. The summed E-state index contributed by atoms with van der Waals surface area (Å²) in [5.41, 5.74) is 0. The molecule has 1 heterocycles. The molecule has 15 heavy (non-hydrogen) atoms. The topological polar surface area (TPSA) is 44.4 Å². The number of nitrogens with zero attached hydrogens (tertiary/aromatic N) is 1. The Morgan fingerprint density at radius 3 is 2.53 bits per heavy atom. The Morgan fingerprint density at radius 1 is 1.40 bits per heavy atom. The molecule has 0 radical (unpaired) electrons. The van der Waals surface area contributed by atoms with Gasteiger partial charge in [0.05, 0.1) is 6.54 Å². The normalized spacial score (nSPS) is 27.7. The summed E-state index contributed by atoms with van der Waals surface area (Å²) in [4.78, 5) is 13.7. The van der Waals surface area contributed by atoms with Crippen LogP contribution < -0.4 is 10.6 Å². The van der Waals surface area contributed by atoms with Crippen molar-refractivity contribution in [1.82, 2.24) is 15.5 Å². The van der Waals surface area contributed by atoms with Gasteiger partial charge < -0.3 is 10.6 Å². The summed E-state index contributed by atoms with van der Waals surface area (Å²) in [5, 5.41) is 6.36. The fourth-order valence-corrected chi connectivity index (χ4v) is 2.09. The Balaban J connectivity index is 2.27. The van der Waals surface area contributed by atoms with Gasteiger partial charge in [-0.3, -0.25) is 9.69 Å². The van der Waals surface area contributed by atoms with Crippen molar-refractivity contribution in [2.75, 3.05) is 26.2 Å². The summed E-state index contributed by atoms with van der Waals surface area (Å²) in [6.45, 7) is 9.63. The quantitative estimate of drug-likeness (QED) is 0.701. The van der Waals surface area contributed by atoms with Crippen LogP contribution in [0.25, 0.3) is 0 Å². The van der Waals surface area contributed by atoms with Gasteiger partial charge >= 0.3 is 0 Å². The second-order valence-electron chi connectivity index (χ2n) is 4.51. The molecular formula is C11H23N3O. The molecule has 1 fully saturated rings. The highest BCUT2D eigenvalue weighted by molar-refractivity contribution is 5.77. The molecule has 4 heteroatoms. The number of hydrogen-bond donors (Lipinski definition) is 2. The highest BCUT2D eigenvalue weighted by atomic mass is 16.2. The average Bonchev–Trinajstić information content (AvgIpc) is 2.13. The molecule has 1 aliphatic rings. The van der Waals surface area contributed by atoms with Crippen molar-refractivity contribution in [1.29, 1.82) is 0 Å². The maximum Gasteiger partial charge on any atom is 0.234 e. The smallest absolute Gasteiger partial charge is 0.234 e. The van der Waals surface area contributed by atoms with Crippen LogP contribution in [-0.2, 0) is 4.79 Å². The Bertz CT molecular complexity index is 198. The van der Waals surface area contributed by atoms with Gasteiger partial charge in [-0.25, -0.2) is 0 Å². The van der Waals surface area contributed by atoms with Crippen molar-refractivity contribution < 1.29 is 4.79 Å². The zero-order valence-electron chi connectivity index (χ0n) is 10.0. The number of amides is 1. The van der Waals surface area contributed by atoms with E-state index in [1.807, 2.05) is 0 Å². The molecule has 1 aliphatic heterocycles. The van der Waals surface area contributed by atoms with Gasteiger partial charge in [0.2, 0.25) is 5.91 Å². The van der Waals surface area contributed by atoms with Gasteiger partial charge in [0.25, 0.3) is 0 Å². The van der Waals surface area contributed by atoms with E-state index >= 15 is 0 Å². The molecule has 1 rings (SSSR count). The van der Waals surface area contributed by atoms with Crippen molar-refractivity contribution in [3.05, 3.63) is 0 Å². The van der Waals surface area contributed by atoms with Crippen LogP contribution in [-0.4, -0.2) is 49.1 Å². The highest BCUT2D eigenvalue weighted by Crippen LogP contribution is 2.02. The van der Waals surface area contributed by atoms with Crippen molar-refractivity contribution >= 4 is 5.91 Å². The Morgan fingerprint density at radius 2 is 2.00 bits per heavy atom. The maximum absolute atomic E-state index is 11.5. The molecule has 0 aliphatic carbocycles. The molecular weight excluding hydrogens is 190 g/mol. The van der Waals surface area contributed by atoms with Crippen LogP contribution in [0.1, 0.15) is 27.2 Å². The maximum atomic E-state index is 11.5. The molecule has 1 amide bonds. The van der Waals surface area contributed by atoms with Crippen molar-refractivity contribution in [3.63, 3.8) is 0 Å². The van der Waals surface area contributed by atoms with E-state index in [9.17, 15) is 4.79 Å². The van der Waals surface area contributed by atoms with E-state index in [1.54, 1.807) is 0 Å². The van der Waals surface area contributed by atoms with Crippen LogP contribution in [0.15, 0.2) is 0 Å². The first kappa shape index (κ1) is 12.5. The summed E-state index contributed by atoms with van der Waals surface area (Å²) < 4.78 is 0. The Kier molecular flexibility index (Phi) is 5.05. The van der Waals surface area contributed by atoms with Gasteiger partial charge in [-0.1, -0.05) is 6.92 Å². The van der Waals surface area contributed by atoms with Crippen LogP contribution >= 0.6 is 0 Å². The summed E-state index contributed by atoms with van der Waals surface area (Å²) in [6, 6.07) is 0.959. The van der Waals surface area contributed by atoms with Gasteiger partial charge in [0.15, 0.2) is 0 Å². The van der Waals surface area contributed by atoms with Crippen LogP contribution in [0, 0.1) is 0 Å². The van der Waals surface area contributed by atoms with Crippen molar-refractivity contribution in [2.45, 2.75) is 39.3 Å². The van der Waals surface area contributed by atoms with E-state index in [0.29, 0.717) is 18.6 Å². The van der Waals surface area contributed by atoms with E-state index in [0.717, 1.165) is 26.1 Å². The number of rotatable bonds is 4. The predicted molar refractivity (Wildman–Crippen MR) is 61.8 cm³/mol. The van der Waals surface area contributed by atoms with Crippen LogP contribution in [0.3, 0.4) is 0 Å². The van der Waals surface area contributed by atoms with E-state index in [2.05, 4.69) is 36.3 Å². The van der Waals surface area contributed by atoms with Crippen molar-refractivity contribution in [3.8, 4) is 0 Å². The molecule has 2 N–H and O–H groups in total. The van der Waals surface area contributed by atoms with Gasteiger partial charge in [-0.15, -0.1) is 0 Å². The highest BCUT2D eigenvalue weighted by Gasteiger charge is 2.22. The Hall–Kier alpha value is -0.610. The van der Waals surface area contributed by atoms with Gasteiger partial charge in [-0.2, -0.15) is 0 Å². The number of hydrogen-bond acceptors (Lipinski definition) is 3. The minimum atomic E-state index is 0.151. The molecule has 0 aromatic rings. The molecule has 0 spiro atoms. The summed E-state index contributed by atoms with van der Waals surface area (Å²) in [5.74, 6) is 0.151. The minimum Gasteiger partial charge on any atom is -0.355 e. The monoisotopic (exact) mass is 213 g/mol. The molecule has 2 atom stereocenters. The average molecular weight is 213 g/mol. The SMILES string of the molecule is CCCNC(=O)CN1CC(C)NC(C)C1. The lowest BCUT2D eigenvalue weighted by Crippen LogP contribution is -2.56. The zero-order valence-corrected chi connectivity index (χ0v) is 10.0. The molecule has 0 bridgehead atoms. The lowest BCUT2D eigenvalue weighted by molar-refractivity contribution is -0.122. The second kappa shape index (κ2) is 6.08. The molecule has 4 nitrogen and oxygen atoms in total. The lowest BCUT2D eigenvalue weighted by atomic mass is 10.1. The van der Waals surface area contributed by atoms with Gasteiger partial charge in [-0.05, 0) is 20.3 Å². The first-order valence-electron chi connectivity index (χ1n) is 5.87. The van der Waals surface area contributed by atoms with E-state index in [-0.39, 0.29) is 5.91 Å². The summed E-state index contributed by atoms with van der Waals surface area (Å²) in [6.07, 6.45) is 1.00. The molecule has 0 aromatic carbocycles. The summed E-state index contributed by atoms with van der Waals surface area (Å²) in [7, 11) is 0. The fourth-order valence-electron chi connectivity index (χ4n) is 2.09. The van der Waals surface area contributed by atoms with Crippen LogP contribution in [0.5, 0.6) is 0 Å². The van der Waals surface area contributed by atoms with Crippen LogP contribution in [0.2, 0.25) is 0 Å². The first-order valence-corrected chi connectivity index (χ1v) is 5.87. The standard InChI is InChI=1S/C11H23N3O/c1-4-5-12-11(15)8-14-6-9(2)13-10(3)7-14/h9-10,13H,4-8H2,1-3H3,(H,12,15). The third-order valence-electron chi connectivity index (χ3n) is 2.57. The predicted octanol–water partition coefficient (Wildman–Crippen LogP) is 0.195. The van der Waals surface area contributed by atoms with E-state index < -0.39 is 0 Å². The zero-order chi connectivity index (χ0) is 11.3. The van der Waals surface area contributed by atoms with E-state index in [1.165, 1.54) is 0 Å². The lowest BCUT2D eigenvalue weighted by Gasteiger charge is -2.35. The molecule has 1 saturated heterocycles. The van der Waals surface area contributed by atoms with Crippen molar-refractivity contribution in [2.24, 2.45) is 0 Å². The second-order valence-corrected chi connectivity index (χ2v) is 4.51. The molecule has 2 unspecified atom stereocenters. The van der Waals surface area contributed by atoms with Gasteiger partial charge in [0, 0.05) is 31.7 Å². The number of piperazine rings is 1. The Labute approximate surface area is 92.4 Å². The summed E-state index contributed by atoms with van der Waals surface area (Å²) >= 11 is 0. The number of nitrogens with one attached hydrogen (secondary N) is 2. The third-order valence-corrected chi connectivity index (χ3v) is 2.57. The number of carbonyl (C=O) groups excluding carboxylic acids is 1. The van der Waals surface area contributed by atoms with Crippen LogP contribution in [0.4, 0.5) is 0 Å². The fraction of sp³-hybridized carbons (Fsp3) is 0.909. The van der Waals surface area contributed by atoms with E-state index in [4.69, 9.17) is 0 Å². The van der Waals surface area contributed by atoms with Gasteiger partial charge in [0.1, 0.15) is 0 Å². The largest absolute Gasteiger partial charge is 0.355 e. The molecule has 88 valence electrons. The third kappa shape index (κ3) is 4.62. The first-order chi connectivity index (χ1) is 7.11. The number of carbonyl (C=O) groups is 1.